The van der Waals surface area contributed by atoms with Crippen LogP contribution in [0.15, 0.2) is 60.7 Å². The molecule has 168 valence electrons. The number of rotatable bonds is 3. The lowest BCUT2D eigenvalue weighted by atomic mass is 9.92. The van der Waals surface area contributed by atoms with Crippen molar-refractivity contribution in [2.24, 2.45) is 0 Å². The number of fused-ring (bicyclic) bond motifs is 3. The van der Waals surface area contributed by atoms with Crippen molar-refractivity contribution in [2.45, 2.75) is 19.4 Å². The minimum Gasteiger partial charge on any atom is -0.497 e. The van der Waals surface area contributed by atoms with Crippen LogP contribution in [0.2, 0.25) is 0 Å². The highest BCUT2D eigenvalue weighted by molar-refractivity contribution is 5.92. The smallest absolute Gasteiger partial charge is 0.322 e. The second kappa shape index (κ2) is 8.24. The van der Waals surface area contributed by atoms with Crippen LogP contribution in [-0.4, -0.2) is 29.6 Å². The number of benzene rings is 3. The Hall–Kier alpha value is -3.87. The number of aromatic amines is 1. The summed E-state index contributed by atoms with van der Waals surface area (Å²) >= 11 is 0. The number of ether oxygens (including phenoxy) is 1. The molecular weight excluding hydrogens is 424 g/mol. The van der Waals surface area contributed by atoms with Crippen molar-refractivity contribution in [2.75, 3.05) is 19.0 Å². The van der Waals surface area contributed by atoms with Gasteiger partial charge < -0.3 is 19.9 Å². The van der Waals surface area contributed by atoms with Gasteiger partial charge in [-0.25, -0.2) is 13.6 Å². The maximum absolute atomic E-state index is 14.2. The number of H-pyrrole nitrogens is 1. The van der Waals surface area contributed by atoms with E-state index in [4.69, 9.17) is 4.74 Å². The van der Waals surface area contributed by atoms with Crippen molar-refractivity contribution in [1.82, 2.24) is 9.88 Å². The molecule has 2 heterocycles. The Bertz CT molecular complexity index is 1350. The summed E-state index contributed by atoms with van der Waals surface area (Å²) in [5.74, 6) is -0.544. The van der Waals surface area contributed by atoms with E-state index in [1.807, 2.05) is 49.4 Å². The number of urea groups is 1. The summed E-state index contributed by atoms with van der Waals surface area (Å²) in [6.45, 7) is 2.42. The number of carbonyl (C=O) groups is 1. The molecule has 0 radical (unpaired) electrons. The zero-order valence-electron chi connectivity index (χ0n) is 18.3. The maximum Gasteiger partial charge on any atom is 0.322 e. The molecule has 1 aliphatic heterocycles. The summed E-state index contributed by atoms with van der Waals surface area (Å²) < 4.78 is 33.2. The van der Waals surface area contributed by atoms with E-state index in [1.165, 1.54) is 0 Å². The summed E-state index contributed by atoms with van der Waals surface area (Å²) in [7, 11) is 1.63. The Balaban J connectivity index is 1.59. The van der Waals surface area contributed by atoms with Crippen LogP contribution in [0.5, 0.6) is 5.75 Å². The molecule has 0 saturated carbocycles. The molecule has 0 aliphatic carbocycles. The normalized spacial score (nSPS) is 15.4. The second-order valence-electron chi connectivity index (χ2n) is 8.24. The number of anilines is 1. The summed E-state index contributed by atoms with van der Waals surface area (Å²) in [6.07, 6.45) is 0.615. The van der Waals surface area contributed by atoms with Crippen molar-refractivity contribution in [1.29, 1.82) is 0 Å². The number of amides is 2. The first-order valence-electron chi connectivity index (χ1n) is 10.7. The minimum atomic E-state index is -0.688. The Morgan fingerprint density at radius 3 is 2.64 bits per heavy atom. The molecule has 33 heavy (non-hydrogen) atoms. The van der Waals surface area contributed by atoms with E-state index in [0.717, 1.165) is 57.2 Å². The van der Waals surface area contributed by atoms with Gasteiger partial charge in [0.05, 0.1) is 18.8 Å². The third-order valence-electron chi connectivity index (χ3n) is 6.16. The Labute approximate surface area is 190 Å². The fraction of sp³-hybridized carbons (Fsp3) is 0.192. The van der Waals surface area contributed by atoms with Crippen LogP contribution in [-0.2, 0) is 6.42 Å². The molecule has 2 N–H and O–H groups in total. The quantitative estimate of drug-likeness (QED) is 0.408. The van der Waals surface area contributed by atoms with E-state index in [9.17, 15) is 13.6 Å². The molecular formula is C26H23F2N3O2. The van der Waals surface area contributed by atoms with E-state index >= 15 is 0 Å². The first-order valence-corrected chi connectivity index (χ1v) is 10.7. The van der Waals surface area contributed by atoms with Crippen LogP contribution in [0.1, 0.15) is 28.4 Å². The number of aromatic nitrogens is 1. The van der Waals surface area contributed by atoms with E-state index < -0.39 is 23.7 Å². The van der Waals surface area contributed by atoms with Crippen LogP contribution in [0.3, 0.4) is 0 Å². The molecule has 5 rings (SSSR count). The van der Waals surface area contributed by atoms with Gasteiger partial charge in [0.15, 0.2) is 0 Å². The zero-order valence-corrected chi connectivity index (χ0v) is 18.3. The van der Waals surface area contributed by atoms with Crippen LogP contribution in [0.4, 0.5) is 19.3 Å². The number of nitrogens with zero attached hydrogens (tertiary/aromatic N) is 1. The van der Waals surface area contributed by atoms with Crippen LogP contribution in [0, 0.1) is 18.6 Å². The van der Waals surface area contributed by atoms with Gasteiger partial charge in [-0.3, -0.25) is 0 Å². The number of nitrogens with one attached hydrogen (secondary N) is 2. The van der Waals surface area contributed by atoms with Gasteiger partial charge in [-0.2, -0.15) is 0 Å². The third-order valence-corrected chi connectivity index (χ3v) is 6.16. The zero-order chi connectivity index (χ0) is 23.1. The molecule has 1 aromatic heterocycles. The topological polar surface area (TPSA) is 57.4 Å². The minimum absolute atomic E-state index is 0.185. The monoisotopic (exact) mass is 447 g/mol. The SMILES string of the molecule is COc1ccc2[nH]c3c(c2c1)CCN(C(=O)Nc1cc(F)ccc1F)[C@@H]3c1ccc(C)cc1. The highest BCUT2D eigenvalue weighted by Gasteiger charge is 2.35. The van der Waals surface area contributed by atoms with E-state index in [-0.39, 0.29) is 5.69 Å². The lowest BCUT2D eigenvalue weighted by Gasteiger charge is -2.36. The number of halogens is 2. The summed E-state index contributed by atoms with van der Waals surface area (Å²) in [4.78, 5) is 18.4. The fourth-order valence-corrected chi connectivity index (χ4v) is 4.49. The van der Waals surface area contributed by atoms with Gasteiger partial charge in [0, 0.05) is 29.2 Å². The molecule has 0 bridgehead atoms. The molecule has 4 aromatic rings. The standard InChI is InChI=1S/C26H23F2N3O2/c1-15-3-5-16(6-4-15)25-24-19(20-14-18(33-2)8-10-22(20)29-24)11-12-31(25)26(32)30-23-13-17(27)7-9-21(23)28/h3-10,13-14,25,29H,11-12H2,1-2H3,(H,30,32)/t25-/m1/s1. The van der Waals surface area contributed by atoms with E-state index in [1.54, 1.807) is 12.0 Å². The largest absolute Gasteiger partial charge is 0.497 e. The van der Waals surface area contributed by atoms with E-state index in [0.29, 0.717) is 13.0 Å². The van der Waals surface area contributed by atoms with Crippen molar-refractivity contribution in [3.05, 3.63) is 94.7 Å². The number of aryl methyl sites for hydroxylation is 1. The Kier molecular flexibility index (Phi) is 5.24. The molecule has 1 aliphatic rings. The van der Waals surface area contributed by atoms with Gasteiger partial charge >= 0.3 is 6.03 Å². The average molecular weight is 447 g/mol. The van der Waals surface area contributed by atoms with Crippen LogP contribution >= 0.6 is 0 Å². The molecule has 0 fully saturated rings. The molecule has 0 saturated heterocycles. The lowest BCUT2D eigenvalue weighted by molar-refractivity contribution is 0.193. The highest BCUT2D eigenvalue weighted by Crippen LogP contribution is 2.39. The van der Waals surface area contributed by atoms with Crippen LogP contribution < -0.4 is 10.1 Å². The molecule has 7 heteroatoms. The van der Waals surface area contributed by atoms with Crippen molar-refractivity contribution in [3.63, 3.8) is 0 Å². The second-order valence-corrected chi connectivity index (χ2v) is 8.24. The molecule has 0 spiro atoms. The third kappa shape index (κ3) is 3.80. The molecule has 3 aromatic carbocycles. The Morgan fingerprint density at radius 2 is 1.88 bits per heavy atom. The van der Waals surface area contributed by atoms with Gasteiger partial charge in [0.2, 0.25) is 0 Å². The summed E-state index contributed by atoms with van der Waals surface area (Å²) in [6, 6.07) is 15.9. The lowest BCUT2D eigenvalue weighted by Crippen LogP contribution is -2.43. The fourth-order valence-electron chi connectivity index (χ4n) is 4.49. The summed E-state index contributed by atoms with van der Waals surface area (Å²) in [5, 5.41) is 3.61. The number of carbonyl (C=O) groups excluding carboxylic acids is 1. The molecule has 0 unspecified atom stereocenters. The van der Waals surface area contributed by atoms with Crippen molar-refractivity contribution >= 4 is 22.6 Å². The average Bonchev–Trinajstić information content (AvgIpc) is 3.19. The van der Waals surface area contributed by atoms with Gasteiger partial charge in [0.25, 0.3) is 0 Å². The first-order chi connectivity index (χ1) is 15.9. The number of hydrogen-bond acceptors (Lipinski definition) is 2. The highest BCUT2D eigenvalue weighted by atomic mass is 19.1. The van der Waals surface area contributed by atoms with Gasteiger partial charge in [-0.05, 0) is 54.8 Å². The summed E-state index contributed by atoms with van der Waals surface area (Å²) in [5.41, 5.74) is 4.83. The molecule has 2 amide bonds. The van der Waals surface area contributed by atoms with Gasteiger partial charge in [0.1, 0.15) is 17.4 Å². The van der Waals surface area contributed by atoms with E-state index in [2.05, 4.69) is 10.3 Å². The van der Waals surface area contributed by atoms with Gasteiger partial charge in [-0.15, -0.1) is 0 Å². The van der Waals surface area contributed by atoms with Crippen molar-refractivity contribution in [3.8, 4) is 5.75 Å². The predicted octanol–water partition coefficient (Wildman–Crippen LogP) is 5.94. The predicted molar refractivity (Wildman–Crippen MR) is 124 cm³/mol. The first kappa shape index (κ1) is 21.0. The number of hydrogen-bond donors (Lipinski definition) is 2. The Morgan fingerprint density at radius 1 is 1.09 bits per heavy atom. The molecule has 5 nitrogen and oxygen atoms in total. The number of methoxy groups -OCH3 is 1. The van der Waals surface area contributed by atoms with Crippen LogP contribution in [0.25, 0.3) is 10.9 Å². The maximum atomic E-state index is 14.2. The molecule has 1 atom stereocenters. The van der Waals surface area contributed by atoms with Gasteiger partial charge in [-0.1, -0.05) is 29.8 Å². The van der Waals surface area contributed by atoms with Crippen molar-refractivity contribution < 1.29 is 18.3 Å².